The highest BCUT2D eigenvalue weighted by Crippen LogP contribution is 2.46. The summed E-state index contributed by atoms with van der Waals surface area (Å²) < 4.78 is 2.35. The average molecular weight is 1350 g/mol. The van der Waals surface area contributed by atoms with Gasteiger partial charge in [-0.3, -0.25) is 0 Å². The molecular weight excluding hydrogens is 1290 g/mol. The van der Waals surface area contributed by atoms with Gasteiger partial charge in [0.1, 0.15) is 0 Å². The minimum atomic E-state index is 0.0294. The number of rotatable bonds is 13. The molecule has 106 heavy (non-hydrogen) atoms. The average Bonchev–Trinajstić information content (AvgIpc) is 0.763. The maximum atomic E-state index is 5.75. The Hall–Kier alpha value is -14.4. The largest absolute Gasteiger partial charge is 0.311 e. The highest BCUT2D eigenvalue weighted by Gasteiger charge is 2.43. The minimum Gasteiger partial charge on any atom is -0.311 e. The van der Waals surface area contributed by atoms with Crippen molar-refractivity contribution in [2.45, 2.75) is 0 Å². The Kier molecular flexibility index (Phi) is 15.0. The molecule has 14 aromatic carbocycles. The lowest BCUT2D eigenvalue weighted by atomic mass is 9.33. The van der Waals surface area contributed by atoms with E-state index in [0.29, 0.717) is 46.5 Å². The monoisotopic (exact) mass is 1350 g/mol. The van der Waals surface area contributed by atoms with Crippen molar-refractivity contribution in [1.29, 1.82) is 0 Å². The Morgan fingerprint density at radius 3 is 1.16 bits per heavy atom. The topological polar surface area (TPSA) is 115 Å². The third-order valence-corrected chi connectivity index (χ3v) is 20.3. The molecule has 0 saturated carbocycles. The van der Waals surface area contributed by atoms with Crippen molar-refractivity contribution < 1.29 is 0 Å². The molecule has 6 heterocycles. The van der Waals surface area contributed by atoms with E-state index in [1.165, 1.54) is 27.8 Å². The number of anilines is 6. The van der Waals surface area contributed by atoms with Crippen LogP contribution in [0.3, 0.4) is 0 Å². The van der Waals surface area contributed by atoms with Gasteiger partial charge in [-0.15, -0.1) is 0 Å². The lowest BCUT2D eigenvalue weighted by Crippen LogP contribution is -2.61. The maximum Gasteiger partial charge on any atom is 0.252 e. The predicted molar refractivity (Wildman–Crippen MR) is 432 cm³/mol. The van der Waals surface area contributed by atoms with Gasteiger partial charge in [0.15, 0.2) is 40.8 Å². The van der Waals surface area contributed by atoms with Crippen LogP contribution in [0.5, 0.6) is 0 Å². The fourth-order valence-corrected chi connectivity index (χ4v) is 15.4. The van der Waals surface area contributed by atoms with Gasteiger partial charge in [0.05, 0.1) is 28.1 Å². The van der Waals surface area contributed by atoms with Gasteiger partial charge in [0.25, 0.3) is 6.71 Å². The van der Waals surface area contributed by atoms with Crippen LogP contribution in [-0.2, 0) is 0 Å². The van der Waals surface area contributed by atoms with Gasteiger partial charge in [-0.05, 0) is 131 Å². The van der Waals surface area contributed by atoms with Crippen LogP contribution in [-0.4, -0.2) is 51.2 Å². The van der Waals surface area contributed by atoms with E-state index in [2.05, 4.69) is 251 Å². The molecule has 2 aliphatic heterocycles. The van der Waals surface area contributed by atoms with E-state index >= 15 is 0 Å². The molecular formula is C94H60BN11. The van der Waals surface area contributed by atoms with Gasteiger partial charge in [0.2, 0.25) is 0 Å². The molecule has 0 spiro atoms. The second-order valence-electron chi connectivity index (χ2n) is 26.6. The Labute approximate surface area is 612 Å². The van der Waals surface area contributed by atoms with Crippen molar-refractivity contribution in [3.05, 3.63) is 364 Å². The van der Waals surface area contributed by atoms with Gasteiger partial charge in [-0.25, -0.2) is 39.9 Å². The van der Waals surface area contributed by atoms with Crippen molar-refractivity contribution in [3.8, 4) is 119 Å². The van der Waals surface area contributed by atoms with Crippen LogP contribution in [0.2, 0.25) is 0 Å². The van der Waals surface area contributed by atoms with Gasteiger partial charge >= 0.3 is 0 Å². The van der Waals surface area contributed by atoms with Crippen LogP contribution in [0, 0.1) is 0 Å². The Morgan fingerprint density at radius 1 is 0.208 bits per heavy atom. The van der Waals surface area contributed by atoms with E-state index in [9.17, 15) is 0 Å². The van der Waals surface area contributed by atoms with E-state index in [0.717, 1.165) is 117 Å². The summed E-state index contributed by atoms with van der Waals surface area (Å²) >= 11 is 0. The van der Waals surface area contributed by atoms with Crippen LogP contribution < -0.4 is 26.2 Å². The molecule has 20 rings (SSSR count). The number of aromatic nitrogens is 9. The quantitative estimate of drug-likeness (QED) is 0.103. The molecule has 18 aromatic rings. The molecule has 0 fully saturated rings. The van der Waals surface area contributed by atoms with Crippen molar-refractivity contribution in [2.24, 2.45) is 0 Å². The molecule has 0 radical (unpaired) electrons. The molecule has 12 heteroatoms. The van der Waals surface area contributed by atoms with Crippen LogP contribution in [0.4, 0.5) is 34.1 Å². The number of para-hydroxylation sites is 4. The van der Waals surface area contributed by atoms with E-state index in [4.69, 9.17) is 39.9 Å². The second-order valence-corrected chi connectivity index (χ2v) is 26.6. The number of nitrogens with zero attached hydrogens (tertiary/aromatic N) is 11. The second kappa shape index (κ2) is 25.9. The first kappa shape index (κ1) is 61.5. The molecule has 0 amide bonds. The predicted octanol–water partition coefficient (Wildman–Crippen LogP) is 20.7. The molecule has 0 atom stereocenters. The van der Waals surface area contributed by atoms with Crippen molar-refractivity contribution >= 4 is 79.0 Å². The molecule has 0 saturated heterocycles. The Bertz CT molecular complexity index is 6300. The summed E-state index contributed by atoms with van der Waals surface area (Å²) in [6.07, 6.45) is 0. The third-order valence-electron chi connectivity index (χ3n) is 20.3. The zero-order valence-electron chi connectivity index (χ0n) is 57.1. The standard InChI is InChI=1S/C94H60BN11/c1-7-28-61(29-8-1)78-60-79(97-92(96-78)68-40-25-38-66(56-68)67-39-26-43-72(57-67)105-84-49-24-21-46-77(84)95-76-45-20-23-48-83(76)104(71-41-17-6-18-42-71)85-50-27-51-86(105)87(85)95)75-59-70(94-102-90(64-34-13-4-14-35-64)99-91(103-94)65-36-15-5-16-37-65)53-55-82(75)106-80-47-22-19-44-73(80)74-58-69(52-54-81(74)106)93-100-88(62-30-9-2-10-31-62)98-89(101-93)63-32-11-3-12-33-63/h1-60H. The normalized spacial score (nSPS) is 12.1. The van der Waals surface area contributed by atoms with E-state index in [1.54, 1.807) is 0 Å². The van der Waals surface area contributed by atoms with E-state index in [-0.39, 0.29) is 6.71 Å². The summed E-state index contributed by atoms with van der Waals surface area (Å²) in [4.78, 5) is 47.3. The first-order valence-corrected chi connectivity index (χ1v) is 35.6. The van der Waals surface area contributed by atoms with E-state index in [1.807, 2.05) is 127 Å². The van der Waals surface area contributed by atoms with Crippen LogP contribution in [0.25, 0.3) is 141 Å². The van der Waals surface area contributed by atoms with Gasteiger partial charge in [-0.1, -0.05) is 261 Å². The van der Waals surface area contributed by atoms with Crippen LogP contribution >= 0.6 is 0 Å². The molecule has 0 bridgehead atoms. The lowest BCUT2D eigenvalue weighted by Gasteiger charge is -2.44. The fraction of sp³-hybridized carbons (Fsp3) is 0. The molecule has 4 aromatic heterocycles. The zero-order valence-corrected chi connectivity index (χ0v) is 57.1. The van der Waals surface area contributed by atoms with Gasteiger partial charge in [0, 0.05) is 95.0 Å². The summed E-state index contributed by atoms with van der Waals surface area (Å²) in [5.41, 5.74) is 24.9. The number of fused-ring (bicyclic) bond motifs is 7. The highest BCUT2D eigenvalue weighted by atomic mass is 15.2. The smallest absolute Gasteiger partial charge is 0.252 e. The summed E-state index contributed by atoms with van der Waals surface area (Å²) in [7, 11) is 0. The third kappa shape index (κ3) is 10.9. The summed E-state index contributed by atoms with van der Waals surface area (Å²) in [6.45, 7) is 0.0294. The molecule has 0 aliphatic carbocycles. The summed E-state index contributed by atoms with van der Waals surface area (Å²) in [6, 6.07) is 127. The Balaban J connectivity index is 0.758. The van der Waals surface area contributed by atoms with E-state index < -0.39 is 0 Å². The summed E-state index contributed by atoms with van der Waals surface area (Å²) in [5, 5.41) is 2.08. The molecule has 2 aliphatic rings. The first-order chi connectivity index (χ1) is 52.5. The summed E-state index contributed by atoms with van der Waals surface area (Å²) in [5.74, 6) is 3.97. The van der Waals surface area contributed by atoms with Crippen LogP contribution in [0.1, 0.15) is 0 Å². The molecule has 11 nitrogen and oxygen atoms in total. The molecule has 0 N–H and O–H groups in total. The number of benzene rings is 14. The molecule has 0 unspecified atom stereocenters. The van der Waals surface area contributed by atoms with Gasteiger partial charge < -0.3 is 14.4 Å². The lowest BCUT2D eigenvalue weighted by molar-refractivity contribution is 1.07. The van der Waals surface area contributed by atoms with Crippen molar-refractivity contribution in [2.75, 3.05) is 9.80 Å². The maximum absolute atomic E-state index is 5.75. The SMILES string of the molecule is c1ccc(-c2cc(-c3cc(-c4nc(-c5ccccc5)nc(-c5ccccc5)n4)ccc3-n3c4ccccc4c4cc(-c5nc(-c6ccccc6)nc(-c6ccccc6)n5)ccc43)nc(-c3cccc(-c4cccc(N5c6ccccc6B6c7ccccc7N(c7ccccc7)c7cccc5c76)c4)c3)n2)cc1. The molecule has 494 valence electrons. The highest BCUT2D eigenvalue weighted by molar-refractivity contribution is 7.00. The minimum absolute atomic E-state index is 0.0294. The first-order valence-electron chi connectivity index (χ1n) is 35.6. The van der Waals surface area contributed by atoms with Crippen LogP contribution in [0.15, 0.2) is 364 Å². The number of hydrogen-bond acceptors (Lipinski definition) is 10. The number of hydrogen-bond donors (Lipinski definition) is 0. The fourth-order valence-electron chi connectivity index (χ4n) is 15.4. The van der Waals surface area contributed by atoms with Crippen molar-refractivity contribution in [3.63, 3.8) is 0 Å². The van der Waals surface area contributed by atoms with Crippen molar-refractivity contribution in [1.82, 2.24) is 44.4 Å². The van der Waals surface area contributed by atoms with Gasteiger partial charge in [-0.2, -0.15) is 0 Å². The zero-order chi connectivity index (χ0) is 70.0. The Morgan fingerprint density at radius 2 is 0.585 bits per heavy atom.